The Labute approximate surface area is 133 Å². The molecule has 0 unspecified atom stereocenters. The molecule has 0 spiro atoms. The Kier molecular flexibility index (Phi) is 3.94. The van der Waals surface area contributed by atoms with Gasteiger partial charge in [-0.2, -0.15) is 0 Å². The maximum Gasteiger partial charge on any atom is 0.263 e. The van der Waals surface area contributed by atoms with E-state index < -0.39 is 0 Å². The number of likely N-dealkylation sites (N-methyl/N-ethyl adjacent to an activating group) is 1. The predicted octanol–water partition coefficient (Wildman–Crippen LogP) is 3.46. The quantitative estimate of drug-likeness (QED) is 0.669. The largest absolute Gasteiger partial charge is 0.341 e. The average Bonchev–Trinajstić information content (AvgIpc) is 2.82. The molecule has 0 aromatic heterocycles. The van der Waals surface area contributed by atoms with Crippen LogP contribution in [0.15, 0.2) is 53.1 Å². The van der Waals surface area contributed by atoms with Crippen molar-refractivity contribution < 1.29 is 4.79 Å². The summed E-state index contributed by atoms with van der Waals surface area (Å²) in [6.07, 6.45) is 7.96. The number of anilines is 1. The lowest BCUT2D eigenvalue weighted by atomic mass is 10.1. The second kappa shape index (κ2) is 5.87. The van der Waals surface area contributed by atoms with Crippen LogP contribution in [0.25, 0.3) is 6.08 Å². The van der Waals surface area contributed by atoms with Crippen molar-refractivity contribution in [1.82, 2.24) is 5.32 Å². The number of amides is 1. The van der Waals surface area contributed by atoms with E-state index in [1.54, 1.807) is 0 Å². The number of hydrogen-bond acceptors (Lipinski definition) is 4. The maximum absolute atomic E-state index is 11.7. The van der Waals surface area contributed by atoms with Crippen LogP contribution >= 0.6 is 24.0 Å². The van der Waals surface area contributed by atoms with Crippen LogP contribution in [0.1, 0.15) is 12.5 Å². The van der Waals surface area contributed by atoms with Crippen molar-refractivity contribution in [2.45, 2.75) is 6.92 Å². The number of rotatable bonds is 2. The molecule has 0 radical (unpaired) electrons. The molecule has 1 amide bonds. The summed E-state index contributed by atoms with van der Waals surface area (Å²) in [4.78, 5) is 14.5. The average molecular weight is 314 g/mol. The summed E-state index contributed by atoms with van der Waals surface area (Å²) < 4.78 is 0.515. The summed E-state index contributed by atoms with van der Waals surface area (Å²) in [5, 5.41) is 2.62. The van der Waals surface area contributed by atoms with Crippen molar-refractivity contribution in [2.24, 2.45) is 0 Å². The molecular weight excluding hydrogens is 300 g/mol. The van der Waals surface area contributed by atoms with Gasteiger partial charge in [0.15, 0.2) is 0 Å². The lowest BCUT2D eigenvalue weighted by Gasteiger charge is -2.29. The van der Waals surface area contributed by atoms with Crippen LogP contribution in [0.3, 0.4) is 0 Å². The number of fused-ring (bicyclic) bond motifs is 1. The molecule has 2 aliphatic heterocycles. The third kappa shape index (κ3) is 2.80. The molecule has 2 aliphatic rings. The van der Waals surface area contributed by atoms with Crippen molar-refractivity contribution >= 4 is 46.0 Å². The van der Waals surface area contributed by atoms with Gasteiger partial charge in [0.2, 0.25) is 0 Å². The van der Waals surface area contributed by atoms with E-state index in [0.29, 0.717) is 9.23 Å². The van der Waals surface area contributed by atoms with Gasteiger partial charge in [0, 0.05) is 17.9 Å². The van der Waals surface area contributed by atoms with E-state index in [1.807, 2.05) is 24.3 Å². The first kappa shape index (κ1) is 14.1. The normalized spacial score (nSPS) is 21.1. The number of thiocarbonyl (C=S) groups is 1. The summed E-state index contributed by atoms with van der Waals surface area (Å²) in [6, 6.07) is 8.28. The van der Waals surface area contributed by atoms with Gasteiger partial charge in [0.25, 0.3) is 5.91 Å². The monoisotopic (exact) mass is 314 g/mol. The number of benzene rings is 1. The zero-order valence-electron chi connectivity index (χ0n) is 11.5. The van der Waals surface area contributed by atoms with E-state index >= 15 is 0 Å². The van der Waals surface area contributed by atoms with E-state index in [9.17, 15) is 4.79 Å². The molecule has 1 saturated heterocycles. The lowest BCUT2D eigenvalue weighted by Crippen LogP contribution is -2.23. The third-order valence-electron chi connectivity index (χ3n) is 3.34. The Morgan fingerprint density at radius 2 is 2.10 bits per heavy atom. The highest BCUT2D eigenvalue weighted by atomic mass is 32.2. The number of allylic oxidation sites excluding steroid dienone is 3. The van der Waals surface area contributed by atoms with E-state index in [2.05, 4.69) is 41.4 Å². The molecule has 3 nitrogen and oxygen atoms in total. The molecular formula is C16H14N2OS2. The van der Waals surface area contributed by atoms with Gasteiger partial charge in [-0.05, 0) is 36.8 Å². The summed E-state index contributed by atoms with van der Waals surface area (Å²) >= 11 is 6.29. The van der Waals surface area contributed by atoms with E-state index in [0.717, 1.165) is 12.2 Å². The number of hydrogen-bond donors (Lipinski definition) is 1. The Hall–Kier alpha value is -1.85. The molecule has 1 fully saturated rings. The minimum absolute atomic E-state index is 0.120. The smallest absolute Gasteiger partial charge is 0.263 e. The Balaban J connectivity index is 1.93. The molecule has 1 aromatic rings. The molecule has 0 atom stereocenters. The molecule has 3 rings (SSSR count). The van der Waals surface area contributed by atoms with Crippen LogP contribution in [-0.4, -0.2) is 16.8 Å². The summed E-state index contributed by atoms with van der Waals surface area (Å²) in [5.41, 5.74) is 3.46. The van der Waals surface area contributed by atoms with Gasteiger partial charge in [-0.1, -0.05) is 48.3 Å². The topological polar surface area (TPSA) is 32.3 Å². The molecule has 2 heterocycles. The molecule has 0 saturated carbocycles. The van der Waals surface area contributed by atoms with Crippen molar-refractivity contribution in [1.29, 1.82) is 0 Å². The van der Waals surface area contributed by atoms with Gasteiger partial charge < -0.3 is 10.2 Å². The van der Waals surface area contributed by atoms with Crippen LogP contribution in [0.2, 0.25) is 0 Å². The molecule has 0 aliphatic carbocycles. The van der Waals surface area contributed by atoms with Gasteiger partial charge in [-0.3, -0.25) is 4.79 Å². The van der Waals surface area contributed by atoms with Gasteiger partial charge in [0.05, 0.1) is 4.91 Å². The minimum atomic E-state index is -0.120. The molecule has 21 heavy (non-hydrogen) atoms. The highest BCUT2D eigenvalue weighted by Crippen LogP contribution is 2.31. The first-order chi connectivity index (χ1) is 10.2. The van der Waals surface area contributed by atoms with Crippen LogP contribution < -0.4 is 10.2 Å². The number of nitrogens with zero attached hydrogens (tertiary/aromatic N) is 1. The SMILES string of the molecule is CCN1/C(=C\C=C2\SC(=S)NC2=O)C=Cc2ccccc21. The molecule has 5 heteroatoms. The highest BCUT2D eigenvalue weighted by Gasteiger charge is 2.21. The van der Waals surface area contributed by atoms with E-state index in [1.165, 1.54) is 23.0 Å². The van der Waals surface area contributed by atoms with E-state index in [-0.39, 0.29) is 5.91 Å². The van der Waals surface area contributed by atoms with Crippen LogP contribution in [-0.2, 0) is 4.79 Å². The fourth-order valence-corrected chi connectivity index (χ4v) is 3.36. The fourth-order valence-electron chi connectivity index (χ4n) is 2.37. The summed E-state index contributed by atoms with van der Waals surface area (Å²) in [6.45, 7) is 2.98. The fraction of sp³-hybridized carbons (Fsp3) is 0.125. The number of para-hydroxylation sites is 1. The van der Waals surface area contributed by atoms with E-state index in [4.69, 9.17) is 12.2 Å². The number of nitrogens with one attached hydrogen (secondary N) is 1. The first-order valence-corrected chi connectivity index (χ1v) is 7.91. The number of carbonyl (C=O) groups excluding carboxylic acids is 1. The highest BCUT2D eigenvalue weighted by molar-refractivity contribution is 8.26. The van der Waals surface area contributed by atoms with Gasteiger partial charge >= 0.3 is 0 Å². The zero-order chi connectivity index (χ0) is 14.8. The van der Waals surface area contributed by atoms with Crippen LogP contribution in [0, 0.1) is 0 Å². The van der Waals surface area contributed by atoms with Crippen molar-refractivity contribution in [3.63, 3.8) is 0 Å². The first-order valence-electron chi connectivity index (χ1n) is 6.69. The number of thioether (sulfide) groups is 1. The maximum atomic E-state index is 11.7. The third-order valence-corrected chi connectivity index (χ3v) is 4.52. The van der Waals surface area contributed by atoms with Crippen LogP contribution in [0.4, 0.5) is 5.69 Å². The van der Waals surface area contributed by atoms with Gasteiger partial charge in [0.1, 0.15) is 4.32 Å². The van der Waals surface area contributed by atoms with Gasteiger partial charge in [-0.15, -0.1) is 0 Å². The Bertz CT molecular complexity index is 704. The zero-order valence-corrected chi connectivity index (χ0v) is 13.1. The van der Waals surface area contributed by atoms with Crippen LogP contribution in [0.5, 0.6) is 0 Å². The lowest BCUT2D eigenvalue weighted by molar-refractivity contribution is -0.115. The standard InChI is InChI=1S/C16H14N2OS2/c1-2-18-12(8-7-11-5-3-4-6-13(11)18)9-10-14-15(19)17-16(20)21-14/h3-10H,2H2,1H3,(H,17,19,20)/b12-9-,14-10+. The second-order valence-electron chi connectivity index (χ2n) is 4.60. The summed E-state index contributed by atoms with van der Waals surface area (Å²) in [7, 11) is 0. The second-order valence-corrected chi connectivity index (χ2v) is 6.32. The molecule has 1 N–H and O–H groups in total. The Morgan fingerprint density at radius 3 is 2.81 bits per heavy atom. The van der Waals surface area contributed by atoms with Crippen molar-refractivity contribution in [3.05, 3.63) is 58.7 Å². The minimum Gasteiger partial charge on any atom is -0.341 e. The Morgan fingerprint density at radius 1 is 1.29 bits per heavy atom. The van der Waals surface area contributed by atoms with Crippen molar-refractivity contribution in [3.8, 4) is 0 Å². The molecule has 0 bridgehead atoms. The summed E-state index contributed by atoms with van der Waals surface area (Å²) in [5.74, 6) is -0.120. The van der Waals surface area contributed by atoms with Gasteiger partial charge in [-0.25, -0.2) is 0 Å². The van der Waals surface area contributed by atoms with Crippen molar-refractivity contribution in [2.75, 3.05) is 11.4 Å². The number of carbonyl (C=O) groups is 1. The molecule has 106 valence electrons. The molecule has 1 aromatic carbocycles. The predicted molar refractivity (Wildman–Crippen MR) is 93.0 cm³/mol.